The van der Waals surface area contributed by atoms with Crippen LogP contribution in [0.3, 0.4) is 0 Å². The lowest BCUT2D eigenvalue weighted by atomic mass is 10.3. The maximum absolute atomic E-state index is 4.19. The molecule has 0 saturated heterocycles. The minimum atomic E-state index is 1.04. The smallest absolute Gasteiger partial charge is 0.0995 e. The van der Waals surface area contributed by atoms with Crippen LogP contribution in [0.25, 0.3) is 5.69 Å². The summed E-state index contributed by atoms with van der Waals surface area (Å²) in [5.41, 5.74) is 2.20. The molecule has 0 aliphatic carbocycles. The van der Waals surface area contributed by atoms with Crippen molar-refractivity contribution in [2.45, 2.75) is 11.8 Å². The molecule has 0 bridgehead atoms. The van der Waals surface area contributed by atoms with Crippen molar-refractivity contribution < 1.29 is 0 Å². The van der Waals surface area contributed by atoms with Gasteiger partial charge in [0.1, 0.15) is 0 Å². The molecule has 72 valence electrons. The van der Waals surface area contributed by atoms with Crippen molar-refractivity contribution in [2.75, 3.05) is 6.26 Å². The minimum absolute atomic E-state index is 1.04. The van der Waals surface area contributed by atoms with Crippen LogP contribution in [0.5, 0.6) is 0 Å². The minimum Gasteiger partial charge on any atom is -0.306 e. The molecule has 2 rings (SSSR count). The first-order valence-electron chi connectivity index (χ1n) is 4.44. The zero-order chi connectivity index (χ0) is 9.97. The number of hydrogen-bond donors (Lipinski definition) is 0. The van der Waals surface area contributed by atoms with Crippen molar-refractivity contribution in [1.82, 2.24) is 9.55 Å². The van der Waals surface area contributed by atoms with Crippen LogP contribution >= 0.6 is 11.8 Å². The average Bonchev–Trinajstić information content (AvgIpc) is 2.65. The van der Waals surface area contributed by atoms with Gasteiger partial charge in [-0.25, -0.2) is 4.98 Å². The lowest BCUT2D eigenvalue weighted by molar-refractivity contribution is 1.05. The van der Waals surface area contributed by atoms with Gasteiger partial charge in [-0.05, 0) is 37.4 Å². The van der Waals surface area contributed by atoms with E-state index in [9.17, 15) is 0 Å². The fourth-order valence-electron chi connectivity index (χ4n) is 1.32. The molecule has 2 nitrogen and oxygen atoms in total. The topological polar surface area (TPSA) is 17.8 Å². The Bertz CT molecular complexity index is 417. The molecule has 0 N–H and O–H groups in total. The van der Waals surface area contributed by atoms with Crippen LogP contribution < -0.4 is 0 Å². The largest absolute Gasteiger partial charge is 0.306 e. The highest BCUT2D eigenvalue weighted by Gasteiger charge is 1.97. The highest BCUT2D eigenvalue weighted by atomic mass is 32.2. The van der Waals surface area contributed by atoms with Crippen LogP contribution in [0.15, 0.2) is 41.7 Å². The summed E-state index contributed by atoms with van der Waals surface area (Å²) >= 11 is 1.75. The number of imidazole rings is 1. The molecule has 0 spiro atoms. The Balaban J connectivity index is 2.33. The van der Waals surface area contributed by atoms with Crippen LogP contribution in [0.4, 0.5) is 0 Å². The van der Waals surface area contributed by atoms with Gasteiger partial charge in [-0.3, -0.25) is 0 Å². The highest BCUT2D eigenvalue weighted by Crippen LogP contribution is 2.17. The molecule has 0 atom stereocenters. The van der Waals surface area contributed by atoms with Crippen molar-refractivity contribution in [3.05, 3.63) is 42.5 Å². The summed E-state index contributed by atoms with van der Waals surface area (Å²) in [4.78, 5) is 5.48. The van der Waals surface area contributed by atoms with Gasteiger partial charge in [0.25, 0.3) is 0 Å². The predicted molar refractivity (Wildman–Crippen MR) is 60.1 cm³/mol. The predicted octanol–water partition coefficient (Wildman–Crippen LogP) is 2.90. The summed E-state index contributed by atoms with van der Waals surface area (Å²) in [6.45, 7) is 1.99. The summed E-state index contributed by atoms with van der Waals surface area (Å²) in [5.74, 6) is 0. The fraction of sp³-hybridized carbons (Fsp3) is 0.182. The molecular weight excluding hydrogens is 192 g/mol. The van der Waals surface area contributed by atoms with Gasteiger partial charge in [0.05, 0.1) is 12.0 Å². The molecule has 2 aromatic rings. The van der Waals surface area contributed by atoms with Gasteiger partial charge < -0.3 is 4.57 Å². The second-order valence-corrected chi connectivity index (χ2v) is 4.00. The fourth-order valence-corrected chi connectivity index (χ4v) is 1.73. The maximum atomic E-state index is 4.19. The molecule has 1 aromatic heterocycles. The lowest BCUT2D eigenvalue weighted by Gasteiger charge is -2.02. The Labute approximate surface area is 88.0 Å². The Morgan fingerprint density at radius 2 is 1.93 bits per heavy atom. The van der Waals surface area contributed by atoms with Crippen LogP contribution in [0.2, 0.25) is 0 Å². The zero-order valence-electron chi connectivity index (χ0n) is 8.27. The third-order valence-electron chi connectivity index (χ3n) is 2.08. The summed E-state index contributed by atoms with van der Waals surface area (Å²) in [5, 5.41) is 0. The number of aryl methyl sites for hydroxylation is 1. The molecule has 0 amide bonds. The van der Waals surface area contributed by atoms with E-state index < -0.39 is 0 Å². The number of rotatable bonds is 2. The van der Waals surface area contributed by atoms with Crippen molar-refractivity contribution in [3.8, 4) is 5.69 Å². The third kappa shape index (κ3) is 1.82. The van der Waals surface area contributed by atoms with E-state index in [0.29, 0.717) is 0 Å². The third-order valence-corrected chi connectivity index (χ3v) is 2.83. The first kappa shape index (κ1) is 9.34. The van der Waals surface area contributed by atoms with Gasteiger partial charge >= 0.3 is 0 Å². The second kappa shape index (κ2) is 3.88. The summed E-state index contributed by atoms with van der Waals surface area (Å²) in [6.07, 6.45) is 5.94. The van der Waals surface area contributed by atoms with E-state index in [0.717, 1.165) is 11.4 Å². The van der Waals surface area contributed by atoms with Gasteiger partial charge in [-0.2, -0.15) is 0 Å². The molecular formula is C11H12N2S. The van der Waals surface area contributed by atoms with Gasteiger partial charge in [0, 0.05) is 16.8 Å². The van der Waals surface area contributed by atoms with Crippen molar-refractivity contribution >= 4 is 11.8 Å². The summed E-state index contributed by atoms with van der Waals surface area (Å²) in [6, 6.07) is 8.45. The van der Waals surface area contributed by atoms with Crippen molar-refractivity contribution in [1.29, 1.82) is 0 Å². The SMILES string of the molecule is CSc1ccc(-n2cnc(C)c2)cc1. The number of nitrogens with zero attached hydrogens (tertiary/aromatic N) is 2. The van der Waals surface area contributed by atoms with Gasteiger partial charge in [-0.1, -0.05) is 0 Å². The summed E-state index contributed by atoms with van der Waals surface area (Å²) < 4.78 is 2.03. The number of aromatic nitrogens is 2. The molecule has 0 aliphatic heterocycles. The Morgan fingerprint density at radius 1 is 1.21 bits per heavy atom. The first-order chi connectivity index (χ1) is 6.79. The molecule has 14 heavy (non-hydrogen) atoms. The maximum Gasteiger partial charge on any atom is 0.0995 e. The van der Waals surface area contributed by atoms with E-state index in [1.807, 2.05) is 24.0 Å². The van der Waals surface area contributed by atoms with Crippen LogP contribution in [0, 0.1) is 6.92 Å². The second-order valence-electron chi connectivity index (χ2n) is 3.12. The summed E-state index contributed by atoms with van der Waals surface area (Å²) in [7, 11) is 0. The van der Waals surface area contributed by atoms with Crippen LogP contribution in [-0.2, 0) is 0 Å². The Morgan fingerprint density at radius 3 is 2.43 bits per heavy atom. The Kier molecular flexibility index (Phi) is 2.59. The molecule has 1 heterocycles. The standard InChI is InChI=1S/C11H12N2S/c1-9-7-13(8-12-9)10-3-5-11(14-2)6-4-10/h3-8H,1-2H3. The van der Waals surface area contributed by atoms with Gasteiger partial charge in [-0.15, -0.1) is 11.8 Å². The number of thioether (sulfide) groups is 1. The molecule has 3 heteroatoms. The average molecular weight is 204 g/mol. The monoisotopic (exact) mass is 204 g/mol. The molecule has 0 aliphatic rings. The van der Waals surface area contributed by atoms with Crippen LogP contribution in [0.1, 0.15) is 5.69 Å². The molecule has 0 unspecified atom stereocenters. The number of hydrogen-bond acceptors (Lipinski definition) is 2. The van der Waals surface area contributed by atoms with E-state index in [2.05, 4.69) is 35.5 Å². The van der Waals surface area contributed by atoms with Crippen molar-refractivity contribution in [2.24, 2.45) is 0 Å². The quantitative estimate of drug-likeness (QED) is 0.700. The normalized spacial score (nSPS) is 10.4. The van der Waals surface area contributed by atoms with Crippen molar-refractivity contribution in [3.63, 3.8) is 0 Å². The highest BCUT2D eigenvalue weighted by molar-refractivity contribution is 7.98. The van der Waals surface area contributed by atoms with E-state index in [1.54, 1.807) is 11.8 Å². The zero-order valence-corrected chi connectivity index (χ0v) is 9.08. The van der Waals surface area contributed by atoms with E-state index in [1.165, 1.54) is 4.90 Å². The first-order valence-corrected chi connectivity index (χ1v) is 5.67. The van der Waals surface area contributed by atoms with Gasteiger partial charge in [0.2, 0.25) is 0 Å². The Hall–Kier alpha value is -1.22. The lowest BCUT2D eigenvalue weighted by Crippen LogP contribution is -1.88. The molecule has 0 radical (unpaired) electrons. The molecule has 1 aromatic carbocycles. The van der Waals surface area contributed by atoms with Crippen LogP contribution in [-0.4, -0.2) is 15.8 Å². The number of benzene rings is 1. The van der Waals surface area contributed by atoms with E-state index >= 15 is 0 Å². The van der Waals surface area contributed by atoms with E-state index in [4.69, 9.17) is 0 Å². The van der Waals surface area contributed by atoms with Gasteiger partial charge in [0.15, 0.2) is 0 Å². The molecule has 0 fully saturated rings. The molecule has 0 saturated carbocycles. The van der Waals surface area contributed by atoms with E-state index in [-0.39, 0.29) is 0 Å².